The molecule has 0 aromatic rings. The summed E-state index contributed by atoms with van der Waals surface area (Å²) in [4.78, 5) is 10.5. The van der Waals surface area contributed by atoms with Gasteiger partial charge in [-0.1, -0.05) is 264 Å². The summed E-state index contributed by atoms with van der Waals surface area (Å²) in [5, 5.41) is 12.1. The Morgan fingerprint density at radius 1 is 0.294 bits per heavy atom. The van der Waals surface area contributed by atoms with Gasteiger partial charge < -0.3 is 10.4 Å². The topological polar surface area (TPSA) is 49.3 Å². The van der Waals surface area contributed by atoms with Crippen LogP contribution in [0.4, 0.5) is 0 Å². The Bertz CT molecular complexity index is 622. The second kappa shape index (κ2) is 47.5. The summed E-state index contributed by atoms with van der Waals surface area (Å²) < 4.78 is 0. The van der Waals surface area contributed by atoms with E-state index in [4.69, 9.17) is 5.11 Å². The lowest BCUT2D eigenvalue weighted by molar-refractivity contribution is -0.137. The van der Waals surface area contributed by atoms with Gasteiger partial charge in [0.2, 0.25) is 0 Å². The van der Waals surface area contributed by atoms with Crippen molar-refractivity contribution in [2.45, 2.75) is 289 Å². The monoisotopic (exact) mass is 720 g/mol. The molecule has 51 heavy (non-hydrogen) atoms. The van der Waals surface area contributed by atoms with E-state index >= 15 is 0 Å². The zero-order valence-electron chi connectivity index (χ0n) is 35.4. The van der Waals surface area contributed by atoms with Gasteiger partial charge in [0.05, 0.1) is 0 Å². The summed E-state index contributed by atoms with van der Waals surface area (Å²) in [6.45, 7) is 4.47. The Hall–Kier alpha value is -0.570. The Morgan fingerprint density at radius 3 is 0.667 bits per heavy atom. The van der Waals surface area contributed by atoms with Gasteiger partial charge >= 0.3 is 5.97 Å². The molecule has 3 nitrogen and oxygen atoms in total. The van der Waals surface area contributed by atoms with Gasteiger partial charge in [-0.3, -0.25) is 4.79 Å². The van der Waals surface area contributed by atoms with Crippen LogP contribution in [0.15, 0.2) is 0 Å². The van der Waals surface area contributed by atoms with E-state index in [2.05, 4.69) is 12.2 Å². The zero-order chi connectivity index (χ0) is 36.8. The third kappa shape index (κ3) is 49.4. The third-order valence-electron chi connectivity index (χ3n) is 11.5. The minimum atomic E-state index is -0.666. The number of rotatable bonds is 47. The highest BCUT2D eigenvalue weighted by molar-refractivity contribution is 5.66. The lowest BCUT2D eigenvalue weighted by Gasteiger charge is -2.05. The molecule has 0 aliphatic carbocycles. The van der Waals surface area contributed by atoms with Crippen LogP contribution in [0.2, 0.25) is 0 Å². The molecule has 0 aromatic heterocycles. The molecular formula is C48H97NO2. The van der Waals surface area contributed by atoms with Gasteiger partial charge in [-0.25, -0.2) is 0 Å². The van der Waals surface area contributed by atoms with Crippen molar-refractivity contribution in [3.8, 4) is 0 Å². The number of unbranched alkanes of at least 4 members (excludes halogenated alkanes) is 41. The number of hydrogen-bond acceptors (Lipinski definition) is 2. The van der Waals surface area contributed by atoms with E-state index in [0.29, 0.717) is 6.42 Å². The van der Waals surface area contributed by atoms with Crippen molar-refractivity contribution < 1.29 is 9.90 Å². The average Bonchev–Trinajstić information content (AvgIpc) is 3.13. The Balaban J connectivity index is 3.05. The quantitative estimate of drug-likeness (QED) is 0.0616. The van der Waals surface area contributed by atoms with Crippen molar-refractivity contribution in [3.63, 3.8) is 0 Å². The second-order valence-electron chi connectivity index (χ2n) is 16.7. The first-order valence-electron chi connectivity index (χ1n) is 24.2. The molecule has 2 N–H and O–H groups in total. The minimum absolute atomic E-state index is 0.319. The summed E-state index contributed by atoms with van der Waals surface area (Å²) in [7, 11) is 0. The minimum Gasteiger partial charge on any atom is -0.481 e. The highest BCUT2D eigenvalue weighted by Gasteiger charge is 1.99. The SMILES string of the molecule is CCCCCCCCCCCCCCCCCCCCCCCCCCCCCCCCCCCCCCCCCCNCCCCCC(=O)O. The molecule has 3 heteroatoms. The lowest BCUT2D eigenvalue weighted by atomic mass is 10.0. The van der Waals surface area contributed by atoms with Crippen molar-refractivity contribution in [1.82, 2.24) is 5.32 Å². The van der Waals surface area contributed by atoms with Gasteiger partial charge in [0.15, 0.2) is 0 Å². The maximum Gasteiger partial charge on any atom is 0.303 e. The molecule has 0 radical (unpaired) electrons. The second-order valence-corrected chi connectivity index (χ2v) is 16.7. The number of hydrogen-bond donors (Lipinski definition) is 2. The predicted octanol–water partition coefficient (Wildman–Crippen LogP) is 16.8. The van der Waals surface area contributed by atoms with Crippen LogP contribution in [0.1, 0.15) is 289 Å². The molecule has 0 atom stereocenters. The molecule has 0 amide bonds. The van der Waals surface area contributed by atoms with Crippen LogP contribution in [0.5, 0.6) is 0 Å². The normalized spacial score (nSPS) is 11.5. The van der Waals surface area contributed by atoms with E-state index in [-0.39, 0.29) is 0 Å². The van der Waals surface area contributed by atoms with Gasteiger partial charge in [-0.2, -0.15) is 0 Å². The van der Waals surface area contributed by atoms with Crippen molar-refractivity contribution in [2.75, 3.05) is 13.1 Å². The summed E-state index contributed by atoms with van der Waals surface area (Å²) in [5.74, 6) is -0.666. The summed E-state index contributed by atoms with van der Waals surface area (Å²) in [6.07, 6.45) is 61.7. The number of carbonyl (C=O) groups is 1. The molecule has 0 spiro atoms. The van der Waals surface area contributed by atoms with E-state index in [1.165, 1.54) is 257 Å². The van der Waals surface area contributed by atoms with Crippen molar-refractivity contribution in [2.24, 2.45) is 0 Å². The van der Waals surface area contributed by atoms with Crippen LogP contribution < -0.4 is 5.32 Å². The average molecular weight is 720 g/mol. The van der Waals surface area contributed by atoms with Gasteiger partial charge in [-0.15, -0.1) is 0 Å². The van der Waals surface area contributed by atoms with E-state index in [9.17, 15) is 4.79 Å². The van der Waals surface area contributed by atoms with Crippen molar-refractivity contribution >= 4 is 5.97 Å². The third-order valence-corrected chi connectivity index (χ3v) is 11.5. The standard InChI is InChI=1S/C48H97NO2/c1-2-3-4-5-6-7-8-9-10-11-12-13-14-15-16-17-18-19-20-21-22-23-24-25-26-27-28-29-30-31-32-33-34-35-36-37-38-39-40-43-46-49-47-44-41-42-45-48(50)51/h49H,2-47H2,1H3,(H,50,51). The number of carboxylic acids is 1. The van der Waals surface area contributed by atoms with Crippen molar-refractivity contribution in [1.29, 1.82) is 0 Å². The Labute approximate surface area is 322 Å². The summed E-state index contributed by atoms with van der Waals surface area (Å²) in [6, 6.07) is 0. The van der Waals surface area contributed by atoms with E-state index in [1.807, 2.05) is 0 Å². The largest absolute Gasteiger partial charge is 0.481 e. The van der Waals surface area contributed by atoms with Crippen LogP contribution >= 0.6 is 0 Å². The maximum absolute atomic E-state index is 10.5. The highest BCUT2D eigenvalue weighted by atomic mass is 16.4. The molecule has 0 rings (SSSR count). The summed E-state index contributed by atoms with van der Waals surface area (Å²) in [5.41, 5.74) is 0. The number of nitrogens with one attached hydrogen (secondary N) is 1. The summed E-state index contributed by atoms with van der Waals surface area (Å²) >= 11 is 0. The first-order valence-corrected chi connectivity index (χ1v) is 24.2. The maximum atomic E-state index is 10.5. The molecule has 0 fully saturated rings. The predicted molar refractivity (Wildman–Crippen MR) is 229 cm³/mol. The molecule has 0 saturated heterocycles. The zero-order valence-corrected chi connectivity index (χ0v) is 35.4. The van der Waals surface area contributed by atoms with Crippen LogP contribution in [0.25, 0.3) is 0 Å². The van der Waals surface area contributed by atoms with E-state index in [0.717, 1.165) is 32.4 Å². The van der Waals surface area contributed by atoms with Crippen molar-refractivity contribution in [3.05, 3.63) is 0 Å². The molecular weight excluding hydrogens is 623 g/mol. The van der Waals surface area contributed by atoms with Crippen LogP contribution in [0, 0.1) is 0 Å². The van der Waals surface area contributed by atoms with Crippen LogP contribution in [-0.4, -0.2) is 24.2 Å². The molecule has 0 aromatic carbocycles. The first-order chi connectivity index (χ1) is 25.3. The van der Waals surface area contributed by atoms with Gasteiger partial charge in [0.25, 0.3) is 0 Å². The van der Waals surface area contributed by atoms with Gasteiger partial charge in [0, 0.05) is 6.42 Å². The molecule has 0 saturated carbocycles. The van der Waals surface area contributed by atoms with Crippen LogP contribution in [0.3, 0.4) is 0 Å². The lowest BCUT2D eigenvalue weighted by Crippen LogP contribution is -2.16. The van der Waals surface area contributed by atoms with E-state index in [1.54, 1.807) is 0 Å². The molecule has 306 valence electrons. The fourth-order valence-electron chi connectivity index (χ4n) is 7.87. The first kappa shape index (κ1) is 50.4. The highest BCUT2D eigenvalue weighted by Crippen LogP contribution is 2.17. The van der Waals surface area contributed by atoms with E-state index < -0.39 is 5.97 Å². The fraction of sp³-hybridized carbons (Fsp3) is 0.979. The smallest absolute Gasteiger partial charge is 0.303 e. The molecule has 0 aliphatic heterocycles. The molecule has 0 heterocycles. The molecule has 0 bridgehead atoms. The Kier molecular flexibility index (Phi) is 46.9. The Morgan fingerprint density at radius 2 is 0.471 bits per heavy atom. The van der Waals surface area contributed by atoms with Crippen LogP contribution in [-0.2, 0) is 4.79 Å². The van der Waals surface area contributed by atoms with Gasteiger partial charge in [0.1, 0.15) is 0 Å². The number of carboxylic acid groups (broad SMARTS) is 1. The molecule has 0 aliphatic rings. The molecule has 0 unspecified atom stereocenters. The van der Waals surface area contributed by atoms with Gasteiger partial charge in [-0.05, 0) is 32.4 Å². The fourth-order valence-corrected chi connectivity index (χ4v) is 7.87. The number of aliphatic carboxylic acids is 1.